The minimum absolute atomic E-state index is 0.181. The van der Waals surface area contributed by atoms with Gasteiger partial charge in [-0.15, -0.1) is 0 Å². The van der Waals surface area contributed by atoms with Gasteiger partial charge in [-0.05, 0) is 29.3 Å². The molecule has 1 aliphatic rings. The zero-order chi connectivity index (χ0) is 13.9. The van der Waals surface area contributed by atoms with E-state index in [-0.39, 0.29) is 11.5 Å². The van der Waals surface area contributed by atoms with Crippen LogP contribution in [0.1, 0.15) is 21.5 Å². The lowest BCUT2D eigenvalue weighted by Gasteiger charge is -2.07. The summed E-state index contributed by atoms with van der Waals surface area (Å²) in [5.74, 6) is 0.497. The molecular weight excluding hydrogens is 254 g/mol. The van der Waals surface area contributed by atoms with Crippen molar-refractivity contribution in [3.05, 3.63) is 65.2 Å². The molecule has 0 spiro atoms. The van der Waals surface area contributed by atoms with Crippen LogP contribution in [0.25, 0.3) is 0 Å². The third-order valence-corrected chi connectivity index (χ3v) is 3.31. The van der Waals surface area contributed by atoms with Crippen molar-refractivity contribution in [3.8, 4) is 5.75 Å². The molecule has 0 atom stereocenters. The van der Waals surface area contributed by atoms with Gasteiger partial charge in [0.1, 0.15) is 18.1 Å². The Hall–Kier alpha value is -2.62. The molecule has 0 amide bonds. The van der Waals surface area contributed by atoms with Gasteiger partial charge in [0, 0.05) is 12.0 Å². The number of oxime groups is 1. The molecule has 2 aromatic carbocycles. The van der Waals surface area contributed by atoms with Crippen molar-refractivity contribution in [1.29, 1.82) is 0 Å². The third-order valence-electron chi connectivity index (χ3n) is 3.31. The van der Waals surface area contributed by atoms with Gasteiger partial charge in [-0.1, -0.05) is 35.5 Å². The quantitative estimate of drug-likeness (QED) is 0.687. The van der Waals surface area contributed by atoms with E-state index >= 15 is 0 Å². The molecular formula is C16H13NO3. The van der Waals surface area contributed by atoms with Crippen LogP contribution in [0.3, 0.4) is 0 Å². The van der Waals surface area contributed by atoms with E-state index in [9.17, 15) is 4.79 Å². The molecule has 0 radical (unpaired) electrons. The van der Waals surface area contributed by atoms with Crippen LogP contribution >= 0.6 is 0 Å². The fraction of sp³-hybridized carbons (Fsp3) is 0.125. The highest BCUT2D eigenvalue weighted by atomic mass is 16.5. The molecule has 3 rings (SSSR count). The second-order valence-electron chi connectivity index (χ2n) is 4.65. The van der Waals surface area contributed by atoms with Crippen molar-refractivity contribution < 1.29 is 14.7 Å². The first kappa shape index (κ1) is 12.4. The predicted octanol–water partition coefficient (Wildman–Crippen LogP) is 2.83. The molecule has 0 fully saturated rings. The molecule has 4 nitrogen and oxygen atoms in total. The predicted molar refractivity (Wildman–Crippen MR) is 74.5 cm³/mol. The lowest BCUT2D eigenvalue weighted by atomic mass is 10.1. The van der Waals surface area contributed by atoms with E-state index in [1.807, 2.05) is 36.4 Å². The molecule has 0 bridgehead atoms. The summed E-state index contributed by atoms with van der Waals surface area (Å²) in [7, 11) is 0. The van der Waals surface area contributed by atoms with Crippen molar-refractivity contribution in [2.45, 2.75) is 13.0 Å². The van der Waals surface area contributed by atoms with Crippen LogP contribution in [0.15, 0.2) is 53.7 Å². The monoisotopic (exact) mass is 267 g/mol. The Balaban J connectivity index is 1.76. The van der Waals surface area contributed by atoms with Gasteiger partial charge in [0.2, 0.25) is 5.78 Å². The zero-order valence-corrected chi connectivity index (χ0v) is 10.7. The summed E-state index contributed by atoms with van der Waals surface area (Å²) in [6, 6.07) is 15.2. The molecule has 0 saturated heterocycles. The topological polar surface area (TPSA) is 58.9 Å². The van der Waals surface area contributed by atoms with Crippen LogP contribution < -0.4 is 4.74 Å². The lowest BCUT2D eigenvalue weighted by molar-refractivity contribution is 0.106. The summed E-state index contributed by atoms with van der Waals surface area (Å²) in [6.45, 7) is 0.481. The second-order valence-corrected chi connectivity index (χ2v) is 4.65. The Kier molecular flexibility index (Phi) is 3.21. The molecule has 4 heteroatoms. The van der Waals surface area contributed by atoms with Gasteiger partial charge in [-0.2, -0.15) is 0 Å². The number of Topliss-reactive ketones (excluding diaryl/α,β-unsaturated/α-hetero) is 1. The SMILES string of the molecule is O=C1/C(=N\O)Cc2cc(OCc3ccccc3)ccc21. The van der Waals surface area contributed by atoms with Crippen LogP contribution in [0.2, 0.25) is 0 Å². The molecule has 2 aromatic rings. The average Bonchev–Trinajstić information content (AvgIpc) is 2.82. The highest BCUT2D eigenvalue weighted by Crippen LogP contribution is 2.25. The summed E-state index contributed by atoms with van der Waals surface area (Å²) in [4.78, 5) is 11.8. The summed E-state index contributed by atoms with van der Waals surface area (Å²) in [5.41, 5.74) is 2.69. The number of benzene rings is 2. The highest BCUT2D eigenvalue weighted by Gasteiger charge is 2.27. The number of carbonyl (C=O) groups excluding carboxylic acids is 1. The average molecular weight is 267 g/mol. The van der Waals surface area contributed by atoms with Crippen molar-refractivity contribution in [1.82, 2.24) is 0 Å². The summed E-state index contributed by atoms with van der Waals surface area (Å²) < 4.78 is 5.71. The number of rotatable bonds is 3. The number of carbonyl (C=O) groups is 1. The molecule has 0 saturated carbocycles. The molecule has 0 aromatic heterocycles. The summed E-state index contributed by atoms with van der Waals surface area (Å²) in [5, 5.41) is 11.8. The highest BCUT2D eigenvalue weighted by molar-refractivity contribution is 6.49. The van der Waals surface area contributed by atoms with E-state index < -0.39 is 0 Å². The number of ketones is 1. The molecule has 20 heavy (non-hydrogen) atoms. The molecule has 100 valence electrons. The molecule has 0 heterocycles. The Morgan fingerprint density at radius 1 is 1.15 bits per heavy atom. The van der Waals surface area contributed by atoms with Crippen molar-refractivity contribution >= 4 is 11.5 Å². The third kappa shape index (κ3) is 2.28. The van der Waals surface area contributed by atoms with Crippen LogP contribution in [-0.4, -0.2) is 16.7 Å². The molecule has 1 aliphatic carbocycles. The maximum absolute atomic E-state index is 11.8. The Bertz CT molecular complexity index is 677. The standard InChI is InChI=1S/C16H13NO3/c18-16-14-7-6-13(8-12(14)9-15(16)17-19)20-10-11-4-2-1-3-5-11/h1-8,19H,9-10H2/b17-15-. The minimum atomic E-state index is -0.211. The first-order chi connectivity index (χ1) is 9.78. The number of fused-ring (bicyclic) bond motifs is 1. The smallest absolute Gasteiger partial charge is 0.211 e. The number of hydrogen-bond acceptors (Lipinski definition) is 4. The van der Waals surface area contributed by atoms with Gasteiger partial charge < -0.3 is 9.94 Å². The van der Waals surface area contributed by atoms with Gasteiger partial charge in [0.15, 0.2) is 0 Å². The first-order valence-electron chi connectivity index (χ1n) is 6.33. The second kappa shape index (κ2) is 5.17. The zero-order valence-electron chi connectivity index (χ0n) is 10.7. The van der Waals surface area contributed by atoms with Crippen LogP contribution in [-0.2, 0) is 13.0 Å². The van der Waals surface area contributed by atoms with E-state index in [0.29, 0.717) is 24.3 Å². The number of ether oxygens (including phenoxy) is 1. The Labute approximate surface area is 116 Å². The number of nitrogens with zero attached hydrogens (tertiary/aromatic N) is 1. The summed E-state index contributed by atoms with van der Waals surface area (Å²) in [6.07, 6.45) is 0.354. The maximum atomic E-state index is 11.8. The van der Waals surface area contributed by atoms with Gasteiger partial charge >= 0.3 is 0 Å². The van der Waals surface area contributed by atoms with E-state index in [1.165, 1.54) is 0 Å². The largest absolute Gasteiger partial charge is 0.489 e. The molecule has 1 N–H and O–H groups in total. The van der Waals surface area contributed by atoms with Gasteiger partial charge in [0.25, 0.3) is 0 Å². The van der Waals surface area contributed by atoms with E-state index in [0.717, 1.165) is 11.1 Å². The first-order valence-corrected chi connectivity index (χ1v) is 6.33. The van der Waals surface area contributed by atoms with Gasteiger partial charge in [-0.25, -0.2) is 0 Å². The minimum Gasteiger partial charge on any atom is -0.489 e. The molecule has 0 unspecified atom stereocenters. The van der Waals surface area contributed by atoms with Crippen LogP contribution in [0, 0.1) is 0 Å². The van der Waals surface area contributed by atoms with Crippen molar-refractivity contribution in [2.24, 2.45) is 5.16 Å². The van der Waals surface area contributed by atoms with E-state index in [4.69, 9.17) is 9.94 Å². The maximum Gasteiger partial charge on any atom is 0.211 e. The molecule has 0 aliphatic heterocycles. The van der Waals surface area contributed by atoms with Crippen LogP contribution in [0.4, 0.5) is 0 Å². The van der Waals surface area contributed by atoms with Gasteiger partial charge in [-0.3, -0.25) is 4.79 Å². The fourth-order valence-electron chi connectivity index (χ4n) is 2.27. The fourth-order valence-corrected chi connectivity index (χ4v) is 2.27. The number of hydrogen-bond donors (Lipinski definition) is 1. The normalized spacial score (nSPS) is 15.4. The Morgan fingerprint density at radius 3 is 2.70 bits per heavy atom. The van der Waals surface area contributed by atoms with Crippen molar-refractivity contribution in [3.63, 3.8) is 0 Å². The van der Waals surface area contributed by atoms with Crippen molar-refractivity contribution in [2.75, 3.05) is 0 Å². The van der Waals surface area contributed by atoms with Gasteiger partial charge in [0.05, 0.1) is 0 Å². The Morgan fingerprint density at radius 2 is 1.95 bits per heavy atom. The lowest BCUT2D eigenvalue weighted by Crippen LogP contribution is -2.06. The van der Waals surface area contributed by atoms with Crippen LogP contribution in [0.5, 0.6) is 5.75 Å². The van der Waals surface area contributed by atoms with E-state index in [2.05, 4.69) is 5.16 Å². The summed E-state index contributed by atoms with van der Waals surface area (Å²) >= 11 is 0. The van der Waals surface area contributed by atoms with E-state index in [1.54, 1.807) is 12.1 Å².